The van der Waals surface area contributed by atoms with Crippen molar-refractivity contribution in [2.24, 2.45) is 11.8 Å². The Hall–Kier alpha value is -1.90. The molecule has 4 rings (SSSR count). The topological polar surface area (TPSA) is 195 Å². The van der Waals surface area contributed by atoms with Crippen molar-refractivity contribution in [1.82, 2.24) is 9.80 Å². The van der Waals surface area contributed by atoms with Crippen LogP contribution in [0.4, 0.5) is 0 Å². The van der Waals surface area contributed by atoms with Gasteiger partial charge in [-0.3, -0.25) is 4.79 Å². The zero-order chi connectivity index (χ0) is 43.8. The van der Waals surface area contributed by atoms with Crippen molar-refractivity contribution in [1.29, 1.82) is 0 Å². The number of aldehydes is 1. The first kappa shape index (κ1) is 49.8. The molecule has 0 saturated carbocycles. The van der Waals surface area contributed by atoms with Crippen molar-refractivity contribution in [2.45, 2.75) is 190 Å². The maximum atomic E-state index is 13.1. The van der Waals surface area contributed by atoms with Crippen LogP contribution in [0.2, 0.25) is 0 Å². The average molecular weight is 843 g/mol. The molecule has 12 unspecified atom stereocenters. The highest BCUT2D eigenvalue weighted by Crippen LogP contribution is 2.37. The second-order valence-corrected chi connectivity index (χ2v) is 17.8. The van der Waals surface area contributed by atoms with Crippen molar-refractivity contribution in [3.8, 4) is 0 Å². The molecule has 0 aromatic carbocycles. The molecule has 340 valence electrons. The fourth-order valence-corrected chi connectivity index (χ4v) is 9.10. The Morgan fingerprint density at radius 1 is 0.864 bits per heavy atom. The summed E-state index contributed by atoms with van der Waals surface area (Å²) in [6.45, 7) is 10.8. The van der Waals surface area contributed by atoms with Gasteiger partial charge in [-0.05, 0) is 93.9 Å². The Bertz CT molecular complexity index is 1370. The Labute approximate surface area is 351 Å². The number of hydrogen-bond acceptors (Lipinski definition) is 16. The minimum absolute atomic E-state index is 0.00885. The van der Waals surface area contributed by atoms with E-state index >= 15 is 0 Å². The van der Waals surface area contributed by atoms with Crippen LogP contribution in [0.3, 0.4) is 0 Å². The summed E-state index contributed by atoms with van der Waals surface area (Å²) in [5, 5.41) is 45.1. The smallest absolute Gasteiger partial charge is 0.308 e. The van der Waals surface area contributed by atoms with Gasteiger partial charge in [-0.25, -0.2) is 0 Å². The zero-order valence-electron chi connectivity index (χ0n) is 37.0. The molecule has 0 aromatic rings. The SMILES string of the molecule is CO[C@H]1[C@H](OC2OC(C)C(OC3CC(C)(O)C(O)C(C)O3)C(N(C)C)C2O)[C@H](CC=O)C[C@H](C)[C@H](OC2CCC(N(C)C)C(C)O2)/C=C/C=C/C[C@H](C)OC(=O)C[C@@H]1O. The van der Waals surface area contributed by atoms with Gasteiger partial charge in [-0.2, -0.15) is 0 Å². The van der Waals surface area contributed by atoms with Crippen molar-refractivity contribution in [2.75, 3.05) is 35.3 Å². The highest BCUT2D eigenvalue weighted by atomic mass is 16.7. The van der Waals surface area contributed by atoms with E-state index < -0.39 is 110 Å². The maximum Gasteiger partial charge on any atom is 0.308 e. The molecule has 16 heteroatoms. The van der Waals surface area contributed by atoms with Crippen LogP contribution in [-0.2, 0) is 47.5 Å². The first-order valence-corrected chi connectivity index (χ1v) is 21.3. The van der Waals surface area contributed by atoms with Gasteiger partial charge in [0, 0.05) is 32.4 Å². The van der Waals surface area contributed by atoms with E-state index in [0.29, 0.717) is 19.3 Å². The van der Waals surface area contributed by atoms with Gasteiger partial charge in [-0.15, -0.1) is 0 Å². The molecule has 0 amide bonds. The summed E-state index contributed by atoms with van der Waals surface area (Å²) >= 11 is 0. The number of rotatable bonds is 11. The third kappa shape index (κ3) is 13.3. The van der Waals surface area contributed by atoms with Crippen LogP contribution >= 0.6 is 0 Å². The van der Waals surface area contributed by atoms with Crippen LogP contribution in [0.5, 0.6) is 0 Å². The zero-order valence-corrected chi connectivity index (χ0v) is 37.0. The number of aliphatic hydroxyl groups is 4. The van der Waals surface area contributed by atoms with Crippen LogP contribution in [0.15, 0.2) is 24.3 Å². The lowest BCUT2D eigenvalue weighted by molar-refractivity contribution is -0.344. The number of carbonyl (C=O) groups excluding carboxylic acids is 2. The Morgan fingerprint density at radius 3 is 2.17 bits per heavy atom. The predicted octanol–water partition coefficient (Wildman–Crippen LogP) is 2.33. The van der Waals surface area contributed by atoms with Gasteiger partial charge >= 0.3 is 5.97 Å². The summed E-state index contributed by atoms with van der Waals surface area (Å²) in [5.74, 6) is -1.47. The third-order valence-corrected chi connectivity index (χ3v) is 12.4. The minimum atomic E-state index is -1.47. The molecule has 0 bridgehead atoms. The van der Waals surface area contributed by atoms with Crippen molar-refractivity contribution < 1.29 is 67.9 Å². The van der Waals surface area contributed by atoms with E-state index in [9.17, 15) is 30.0 Å². The van der Waals surface area contributed by atoms with E-state index in [1.54, 1.807) is 39.8 Å². The number of ether oxygens (including phenoxy) is 8. The lowest BCUT2D eigenvalue weighted by atomic mass is 9.82. The first-order valence-electron chi connectivity index (χ1n) is 21.3. The van der Waals surface area contributed by atoms with Crippen LogP contribution in [0.1, 0.15) is 86.5 Å². The molecule has 3 fully saturated rings. The van der Waals surface area contributed by atoms with Crippen LogP contribution in [0.25, 0.3) is 0 Å². The quantitative estimate of drug-likeness (QED) is 0.175. The van der Waals surface area contributed by atoms with Crippen LogP contribution in [-0.4, -0.2) is 181 Å². The standard InChI is InChI=1S/C43H74N2O14/c1-24-21-29(19-20-46)39(59-42-37(49)36(45(9)10)38(27(4)56-42)58-35-23-43(6,51)41(50)28(5)55-35)40(52-11)31(47)22-33(48)53-25(2)15-13-12-14-16-32(24)57-34-18-17-30(44(7)8)26(3)54-34/h12-14,16,20,24-32,34-42,47,49-51H,15,17-19,21-23H2,1-11H3/b13-12+,16-14+/t24-,25-,26?,27?,28?,29+,30?,31-,32+,34?,35?,36?,37?,38?,39+,40+,41?,42?,43?/m0/s1. The summed E-state index contributed by atoms with van der Waals surface area (Å²) in [6.07, 6.45) is -1.56. The Balaban J connectivity index is 1.66. The largest absolute Gasteiger partial charge is 0.462 e. The Morgan fingerprint density at radius 2 is 1.56 bits per heavy atom. The summed E-state index contributed by atoms with van der Waals surface area (Å²) in [7, 11) is 9.03. The molecule has 0 spiro atoms. The molecule has 3 saturated heterocycles. The average Bonchev–Trinajstić information content (AvgIpc) is 3.13. The number of likely N-dealkylation sites (N-methyl/N-ethyl adjacent to an activating group) is 2. The Kier molecular flexibility index (Phi) is 18.9. The molecule has 4 heterocycles. The molecular weight excluding hydrogens is 768 g/mol. The molecule has 4 aliphatic rings. The lowest BCUT2D eigenvalue weighted by Crippen LogP contribution is -2.65. The molecule has 4 N–H and O–H groups in total. The van der Waals surface area contributed by atoms with Crippen LogP contribution in [0, 0.1) is 11.8 Å². The molecule has 0 aromatic heterocycles. The van der Waals surface area contributed by atoms with E-state index in [4.69, 9.17) is 37.9 Å². The van der Waals surface area contributed by atoms with E-state index in [2.05, 4.69) is 4.90 Å². The summed E-state index contributed by atoms with van der Waals surface area (Å²) in [5.41, 5.74) is -1.47. The highest BCUT2D eigenvalue weighted by Gasteiger charge is 2.52. The van der Waals surface area contributed by atoms with Gasteiger partial charge in [0.1, 0.15) is 36.8 Å². The normalized spacial score (nSPS) is 45.8. The highest BCUT2D eigenvalue weighted by molar-refractivity contribution is 5.70. The van der Waals surface area contributed by atoms with E-state index in [1.165, 1.54) is 14.0 Å². The second kappa shape index (κ2) is 22.5. The van der Waals surface area contributed by atoms with Crippen molar-refractivity contribution >= 4 is 12.3 Å². The number of allylic oxidation sites excluding steroid dienone is 2. The molecule has 0 aliphatic carbocycles. The maximum absolute atomic E-state index is 13.1. The number of aliphatic hydroxyl groups excluding tert-OH is 3. The fraction of sp³-hybridized carbons (Fsp3) is 0.860. The van der Waals surface area contributed by atoms with Crippen molar-refractivity contribution in [3.05, 3.63) is 24.3 Å². The lowest BCUT2D eigenvalue weighted by Gasteiger charge is -2.50. The van der Waals surface area contributed by atoms with Gasteiger partial charge in [0.05, 0.1) is 54.7 Å². The minimum Gasteiger partial charge on any atom is -0.462 e. The van der Waals surface area contributed by atoms with Gasteiger partial charge < -0.3 is 72.9 Å². The first-order chi connectivity index (χ1) is 27.8. The second-order valence-electron chi connectivity index (χ2n) is 17.8. The molecule has 59 heavy (non-hydrogen) atoms. The van der Waals surface area contributed by atoms with Gasteiger partial charge in [0.2, 0.25) is 0 Å². The summed E-state index contributed by atoms with van der Waals surface area (Å²) < 4.78 is 50.0. The van der Waals surface area contributed by atoms with Gasteiger partial charge in [0.25, 0.3) is 0 Å². The monoisotopic (exact) mass is 843 g/mol. The number of nitrogens with zero attached hydrogens (tertiary/aromatic N) is 2. The number of esters is 1. The fourth-order valence-electron chi connectivity index (χ4n) is 9.10. The number of hydrogen-bond donors (Lipinski definition) is 4. The number of methoxy groups -OCH3 is 1. The van der Waals surface area contributed by atoms with Gasteiger partial charge in [-0.1, -0.05) is 31.2 Å². The van der Waals surface area contributed by atoms with Crippen LogP contribution < -0.4 is 0 Å². The molecular formula is C43H74N2O14. The molecule has 19 atom stereocenters. The van der Waals surface area contributed by atoms with E-state index in [-0.39, 0.29) is 30.9 Å². The predicted molar refractivity (Wildman–Crippen MR) is 217 cm³/mol. The number of cyclic esters (lactones) is 1. The number of carbonyl (C=O) groups is 2. The summed E-state index contributed by atoms with van der Waals surface area (Å²) in [6, 6.07) is -0.466. The van der Waals surface area contributed by atoms with Gasteiger partial charge in [0.15, 0.2) is 18.9 Å². The van der Waals surface area contributed by atoms with E-state index in [1.807, 2.05) is 52.2 Å². The third-order valence-electron chi connectivity index (χ3n) is 12.4. The molecule has 16 nitrogen and oxygen atoms in total. The molecule has 4 aliphatic heterocycles. The summed E-state index contributed by atoms with van der Waals surface area (Å²) in [4.78, 5) is 29.5. The van der Waals surface area contributed by atoms with Crippen molar-refractivity contribution in [3.63, 3.8) is 0 Å². The molecule has 0 radical (unpaired) electrons. The van der Waals surface area contributed by atoms with E-state index in [0.717, 1.165) is 12.7 Å².